The molecule has 0 spiro atoms. The minimum atomic E-state index is 0.154. The van der Waals surface area contributed by atoms with Crippen LogP contribution in [-0.4, -0.2) is 24.5 Å². The highest BCUT2D eigenvalue weighted by molar-refractivity contribution is 5.25. The van der Waals surface area contributed by atoms with Gasteiger partial charge in [-0.2, -0.15) is 0 Å². The lowest BCUT2D eigenvalue weighted by Crippen LogP contribution is -2.39. The van der Waals surface area contributed by atoms with Gasteiger partial charge in [0.25, 0.3) is 0 Å². The highest BCUT2D eigenvalue weighted by Gasteiger charge is 2.18. The van der Waals surface area contributed by atoms with E-state index in [0.29, 0.717) is 0 Å². The minimum absolute atomic E-state index is 0.154. The van der Waals surface area contributed by atoms with Crippen LogP contribution in [0.3, 0.4) is 0 Å². The molecule has 0 radical (unpaired) electrons. The lowest BCUT2D eigenvalue weighted by Gasteiger charge is -2.32. The lowest BCUT2D eigenvalue weighted by atomic mass is 9.98. The standard InChI is InChI=1S/C16H26N2/c1-3-14-6-8-15(9-7-14)16(17)12-18-10-4-5-13(2)11-18/h6-9,13,16H,3-5,10-12,17H2,1-2H3. The first kappa shape index (κ1) is 13.6. The Labute approximate surface area is 111 Å². The Morgan fingerprint density at radius 2 is 2.06 bits per heavy atom. The highest BCUT2D eigenvalue weighted by Crippen LogP contribution is 2.19. The second-order valence-electron chi connectivity index (χ2n) is 5.71. The van der Waals surface area contributed by atoms with Gasteiger partial charge in [0.15, 0.2) is 0 Å². The van der Waals surface area contributed by atoms with Crippen molar-refractivity contribution in [1.82, 2.24) is 4.90 Å². The fourth-order valence-corrected chi connectivity index (χ4v) is 2.84. The van der Waals surface area contributed by atoms with Crippen molar-refractivity contribution < 1.29 is 0 Å². The monoisotopic (exact) mass is 246 g/mol. The van der Waals surface area contributed by atoms with E-state index in [1.54, 1.807) is 0 Å². The number of hydrogen-bond donors (Lipinski definition) is 1. The minimum Gasteiger partial charge on any atom is -0.323 e. The van der Waals surface area contributed by atoms with E-state index in [1.807, 2.05) is 0 Å². The van der Waals surface area contributed by atoms with Crippen molar-refractivity contribution in [1.29, 1.82) is 0 Å². The molecule has 1 fully saturated rings. The number of rotatable bonds is 4. The van der Waals surface area contributed by atoms with Crippen LogP contribution in [-0.2, 0) is 6.42 Å². The SMILES string of the molecule is CCc1ccc(C(N)CN2CCCC(C)C2)cc1. The van der Waals surface area contributed by atoms with Gasteiger partial charge in [-0.05, 0) is 42.9 Å². The molecule has 2 heteroatoms. The van der Waals surface area contributed by atoms with Gasteiger partial charge in [0.2, 0.25) is 0 Å². The Morgan fingerprint density at radius 3 is 2.67 bits per heavy atom. The average molecular weight is 246 g/mol. The Hall–Kier alpha value is -0.860. The van der Waals surface area contributed by atoms with Crippen LogP contribution in [0.25, 0.3) is 0 Å². The summed E-state index contributed by atoms with van der Waals surface area (Å²) in [4.78, 5) is 2.52. The first-order valence-electron chi connectivity index (χ1n) is 7.25. The van der Waals surface area contributed by atoms with Crippen LogP contribution in [0.15, 0.2) is 24.3 Å². The molecule has 1 aromatic rings. The largest absolute Gasteiger partial charge is 0.323 e. The quantitative estimate of drug-likeness (QED) is 0.885. The van der Waals surface area contributed by atoms with Crippen LogP contribution < -0.4 is 5.73 Å². The molecular weight excluding hydrogens is 220 g/mol. The first-order valence-corrected chi connectivity index (χ1v) is 7.25. The molecular formula is C16H26N2. The molecule has 0 aromatic heterocycles. The predicted molar refractivity (Wildman–Crippen MR) is 77.6 cm³/mol. The molecule has 1 heterocycles. The van der Waals surface area contributed by atoms with Crippen LogP contribution in [0.2, 0.25) is 0 Å². The molecule has 100 valence electrons. The Balaban J connectivity index is 1.91. The summed E-state index contributed by atoms with van der Waals surface area (Å²) in [7, 11) is 0. The van der Waals surface area contributed by atoms with E-state index in [9.17, 15) is 0 Å². The number of aryl methyl sites for hydroxylation is 1. The molecule has 2 rings (SSSR count). The number of piperidine rings is 1. The second-order valence-corrected chi connectivity index (χ2v) is 5.71. The summed E-state index contributed by atoms with van der Waals surface area (Å²) < 4.78 is 0. The van der Waals surface area contributed by atoms with E-state index in [1.165, 1.54) is 37.1 Å². The predicted octanol–water partition coefficient (Wildman–Crippen LogP) is 2.98. The molecule has 0 aliphatic carbocycles. The van der Waals surface area contributed by atoms with E-state index >= 15 is 0 Å². The van der Waals surface area contributed by atoms with Gasteiger partial charge in [0.1, 0.15) is 0 Å². The summed E-state index contributed by atoms with van der Waals surface area (Å²) in [5.74, 6) is 0.827. The zero-order valence-corrected chi connectivity index (χ0v) is 11.7. The molecule has 1 saturated heterocycles. The number of benzene rings is 1. The van der Waals surface area contributed by atoms with Crippen molar-refractivity contribution in [2.24, 2.45) is 11.7 Å². The highest BCUT2D eigenvalue weighted by atomic mass is 15.1. The van der Waals surface area contributed by atoms with E-state index < -0.39 is 0 Å². The molecule has 1 aromatic carbocycles. The van der Waals surface area contributed by atoms with Gasteiger partial charge in [-0.25, -0.2) is 0 Å². The fourth-order valence-electron chi connectivity index (χ4n) is 2.84. The Morgan fingerprint density at radius 1 is 1.33 bits per heavy atom. The van der Waals surface area contributed by atoms with E-state index in [-0.39, 0.29) is 6.04 Å². The van der Waals surface area contributed by atoms with Crippen LogP contribution in [0.5, 0.6) is 0 Å². The molecule has 18 heavy (non-hydrogen) atoms. The number of nitrogens with zero attached hydrogens (tertiary/aromatic N) is 1. The van der Waals surface area contributed by atoms with Crippen molar-refractivity contribution in [2.45, 2.75) is 39.2 Å². The Bertz CT molecular complexity index is 358. The van der Waals surface area contributed by atoms with Gasteiger partial charge in [0.05, 0.1) is 0 Å². The summed E-state index contributed by atoms with van der Waals surface area (Å²) >= 11 is 0. The third-order valence-corrected chi connectivity index (χ3v) is 4.01. The van der Waals surface area contributed by atoms with E-state index in [0.717, 1.165) is 18.9 Å². The van der Waals surface area contributed by atoms with Crippen molar-refractivity contribution in [2.75, 3.05) is 19.6 Å². The van der Waals surface area contributed by atoms with Gasteiger partial charge >= 0.3 is 0 Å². The molecule has 1 aliphatic heterocycles. The zero-order valence-electron chi connectivity index (χ0n) is 11.7. The van der Waals surface area contributed by atoms with E-state index in [2.05, 4.69) is 43.0 Å². The van der Waals surface area contributed by atoms with Crippen molar-refractivity contribution in [3.05, 3.63) is 35.4 Å². The van der Waals surface area contributed by atoms with Gasteiger partial charge in [-0.3, -0.25) is 0 Å². The fraction of sp³-hybridized carbons (Fsp3) is 0.625. The zero-order chi connectivity index (χ0) is 13.0. The van der Waals surface area contributed by atoms with Gasteiger partial charge in [0, 0.05) is 19.1 Å². The third-order valence-electron chi connectivity index (χ3n) is 4.01. The van der Waals surface area contributed by atoms with Crippen LogP contribution >= 0.6 is 0 Å². The topological polar surface area (TPSA) is 29.3 Å². The van der Waals surface area contributed by atoms with Gasteiger partial charge < -0.3 is 10.6 Å². The normalized spacial score (nSPS) is 22.9. The average Bonchev–Trinajstić information content (AvgIpc) is 2.39. The first-order chi connectivity index (χ1) is 8.69. The number of nitrogens with two attached hydrogens (primary N) is 1. The summed E-state index contributed by atoms with van der Waals surface area (Å²) in [6, 6.07) is 8.94. The number of hydrogen-bond acceptors (Lipinski definition) is 2. The maximum absolute atomic E-state index is 6.32. The Kier molecular flexibility index (Phi) is 4.79. The third kappa shape index (κ3) is 3.56. The molecule has 1 aliphatic rings. The maximum atomic E-state index is 6.32. The smallest absolute Gasteiger partial charge is 0.0424 e. The molecule has 2 unspecified atom stereocenters. The second kappa shape index (κ2) is 6.35. The molecule has 0 bridgehead atoms. The summed E-state index contributed by atoms with van der Waals surface area (Å²) in [5, 5.41) is 0. The summed E-state index contributed by atoms with van der Waals surface area (Å²) in [6.45, 7) is 7.94. The summed E-state index contributed by atoms with van der Waals surface area (Å²) in [6.07, 6.45) is 3.79. The van der Waals surface area contributed by atoms with Crippen LogP contribution in [0.4, 0.5) is 0 Å². The molecule has 0 amide bonds. The van der Waals surface area contributed by atoms with Crippen molar-refractivity contribution in [3.63, 3.8) is 0 Å². The van der Waals surface area contributed by atoms with Gasteiger partial charge in [-0.15, -0.1) is 0 Å². The molecule has 2 N–H and O–H groups in total. The van der Waals surface area contributed by atoms with E-state index in [4.69, 9.17) is 5.73 Å². The molecule has 2 atom stereocenters. The van der Waals surface area contributed by atoms with Crippen molar-refractivity contribution in [3.8, 4) is 0 Å². The van der Waals surface area contributed by atoms with Crippen LogP contribution in [0, 0.1) is 5.92 Å². The van der Waals surface area contributed by atoms with Gasteiger partial charge in [-0.1, -0.05) is 38.1 Å². The number of likely N-dealkylation sites (tertiary alicyclic amines) is 1. The maximum Gasteiger partial charge on any atom is 0.0424 e. The molecule has 2 nitrogen and oxygen atoms in total. The van der Waals surface area contributed by atoms with Crippen LogP contribution in [0.1, 0.15) is 43.9 Å². The molecule has 0 saturated carbocycles. The van der Waals surface area contributed by atoms with Crippen molar-refractivity contribution >= 4 is 0 Å². The summed E-state index contributed by atoms with van der Waals surface area (Å²) in [5.41, 5.74) is 8.98. The lowest BCUT2D eigenvalue weighted by molar-refractivity contribution is 0.175.